The third-order valence-electron chi connectivity index (χ3n) is 4.15. The van der Waals surface area contributed by atoms with Crippen LogP contribution in [0.2, 0.25) is 0 Å². The molecular weight excluding hydrogens is 434 g/mol. The number of benzene rings is 3. The summed E-state index contributed by atoms with van der Waals surface area (Å²) in [6.07, 6.45) is 0. The molecule has 0 saturated heterocycles. The summed E-state index contributed by atoms with van der Waals surface area (Å²) in [5.41, 5.74) is 6.30. The molecule has 138 valence electrons. The SMILES string of the molecule is O=C(N/N=c1\scc(-c2ccc(Br)cc2)n1-c1ccccc1)c1ccccc1. The zero-order valence-corrected chi connectivity index (χ0v) is 17.2. The summed E-state index contributed by atoms with van der Waals surface area (Å²) < 4.78 is 3.07. The van der Waals surface area contributed by atoms with E-state index in [1.165, 1.54) is 11.3 Å². The zero-order chi connectivity index (χ0) is 19.3. The molecule has 0 spiro atoms. The van der Waals surface area contributed by atoms with Gasteiger partial charge in [0.2, 0.25) is 4.80 Å². The van der Waals surface area contributed by atoms with E-state index in [0.29, 0.717) is 10.4 Å². The predicted octanol–water partition coefficient (Wildman–Crippen LogP) is 5.21. The number of aromatic nitrogens is 1. The van der Waals surface area contributed by atoms with E-state index in [9.17, 15) is 4.79 Å². The van der Waals surface area contributed by atoms with Crippen molar-refractivity contribution in [3.05, 3.63) is 105 Å². The molecule has 1 N–H and O–H groups in total. The van der Waals surface area contributed by atoms with Crippen molar-refractivity contribution in [3.8, 4) is 16.9 Å². The Hall–Kier alpha value is -2.96. The summed E-state index contributed by atoms with van der Waals surface area (Å²) in [7, 11) is 0. The Morgan fingerprint density at radius 1 is 0.893 bits per heavy atom. The molecule has 0 bridgehead atoms. The van der Waals surface area contributed by atoms with Gasteiger partial charge in [0, 0.05) is 21.1 Å². The molecule has 3 aromatic carbocycles. The van der Waals surface area contributed by atoms with Gasteiger partial charge in [-0.05, 0) is 42.0 Å². The summed E-state index contributed by atoms with van der Waals surface area (Å²) >= 11 is 4.96. The van der Waals surface area contributed by atoms with E-state index >= 15 is 0 Å². The monoisotopic (exact) mass is 449 g/mol. The van der Waals surface area contributed by atoms with E-state index < -0.39 is 0 Å². The molecule has 0 radical (unpaired) electrons. The van der Waals surface area contributed by atoms with E-state index in [-0.39, 0.29) is 5.91 Å². The lowest BCUT2D eigenvalue weighted by Crippen LogP contribution is -2.24. The molecule has 0 aliphatic heterocycles. The molecule has 4 nitrogen and oxygen atoms in total. The largest absolute Gasteiger partial charge is 0.284 e. The molecule has 6 heteroatoms. The zero-order valence-electron chi connectivity index (χ0n) is 14.7. The van der Waals surface area contributed by atoms with Gasteiger partial charge in [-0.25, -0.2) is 5.43 Å². The summed E-state index contributed by atoms with van der Waals surface area (Å²) in [6, 6.07) is 27.2. The first-order valence-corrected chi connectivity index (χ1v) is 10.3. The minimum Gasteiger partial charge on any atom is -0.284 e. The molecule has 0 aliphatic carbocycles. The first kappa shape index (κ1) is 18.4. The fraction of sp³-hybridized carbons (Fsp3) is 0. The highest BCUT2D eigenvalue weighted by molar-refractivity contribution is 9.10. The number of nitrogens with zero attached hydrogens (tertiary/aromatic N) is 2. The van der Waals surface area contributed by atoms with Gasteiger partial charge in [-0.3, -0.25) is 9.36 Å². The van der Waals surface area contributed by atoms with Gasteiger partial charge in [0.05, 0.1) is 5.69 Å². The number of hydrogen-bond acceptors (Lipinski definition) is 3. The van der Waals surface area contributed by atoms with Gasteiger partial charge >= 0.3 is 0 Å². The van der Waals surface area contributed by atoms with Crippen molar-refractivity contribution >= 4 is 33.2 Å². The predicted molar refractivity (Wildman–Crippen MR) is 116 cm³/mol. The number of halogens is 1. The number of carbonyl (C=O) groups is 1. The van der Waals surface area contributed by atoms with Gasteiger partial charge in [0.15, 0.2) is 0 Å². The number of hydrogen-bond donors (Lipinski definition) is 1. The lowest BCUT2D eigenvalue weighted by atomic mass is 10.1. The van der Waals surface area contributed by atoms with Crippen LogP contribution in [0.25, 0.3) is 16.9 Å². The van der Waals surface area contributed by atoms with Crippen LogP contribution in [0.1, 0.15) is 10.4 Å². The summed E-state index contributed by atoms with van der Waals surface area (Å²) in [4.78, 5) is 13.1. The summed E-state index contributed by atoms with van der Waals surface area (Å²) in [6.45, 7) is 0. The van der Waals surface area contributed by atoms with Crippen molar-refractivity contribution in [1.29, 1.82) is 0 Å². The number of para-hydroxylation sites is 1. The van der Waals surface area contributed by atoms with E-state index in [1.54, 1.807) is 12.1 Å². The van der Waals surface area contributed by atoms with Crippen molar-refractivity contribution in [1.82, 2.24) is 9.99 Å². The van der Waals surface area contributed by atoms with Crippen LogP contribution in [0.5, 0.6) is 0 Å². The lowest BCUT2D eigenvalue weighted by Gasteiger charge is -2.09. The third kappa shape index (κ3) is 3.98. The standard InChI is InChI=1S/C22H16BrN3OS/c23-18-13-11-16(12-14-18)20-15-28-22(26(20)19-9-5-2-6-10-19)25-24-21(27)17-7-3-1-4-8-17/h1-15H,(H,24,27)/b25-22-. The van der Waals surface area contributed by atoms with Crippen molar-refractivity contribution in [2.24, 2.45) is 5.10 Å². The number of amides is 1. The number of carbonyl (C=O) groups excluding carboxylic acids is 1. The van der Waals surface area contributed by atoms with Crippen molar-refractivity contribution in [2.75, 3.05) is 0 Å². The highest BCUT2D eigenvalue weighted by Gasteiger charge is 2.11. The molecule has 1 heterocycles. The van der Waals surface area contributed by atoms with E-state index in [0.717, 1.165) is 21.4 Å². The third-order valence-corrected chi connectivity index (χ3v) is 5.51. The summed E-state index contributed by atoms with van der Waals surface area (Å²) in [5.74, 6) is -0.237. The van der Waals surface area contributed by atoms with Crippen LogP contribution in [0.15, 0.2) is 99.9 Å². The molecule has 0 fully saturated rings. The van der Waals surface area contributed by atoms with E-state index in [4.69, 9.17) is 0 Å². The second-order valence-electron chi connectivity index (χ2n) is 6.00. The van der Waals surface area contributed by atoms with E-state index in [2.05, 4.69) is 38.6 Å². The minimum absolute atomic E-state index is 0.237. The Morgan fingerprint density at radius 2 is 1.54 bits per heavy atom. The lowest BCUT2D eigenvalue weighted by molar-refractivity contribution is 0.0953. The second kappa shape index (κ2) is 8.37. The molecule has 4 rings (SSSR count). The number of rotatable bonds is 4. The smallest absolute Gasteiger partial charge is 0.271 e. The van der Waals surface area contributed by atoms with Gasteiger partial charge in [-0.15, -0.1) is 16.4 Å². The molecule has 1 amide bonds. The van der Waals surface area contributed by atoms with Gasteiger partial charge in [0.1, 0.15) is 0 Å². The fourth-order valence-electron chi connectivity index (χ4n) is 2.79. The Balaban J connectivity index is 1.77. The highest BCUT2D eigenvalue weighted by Crippen LogP contribution is 2.25. The molecule has 0 aliphatic rings. The van der Waals surface area contributed by atoms with Crippen LogP contribution in [0.4, 0.5) is 0 Å². The first-order valence-electron chi connectivity index (χ1n) is 8.63. The summed E-state index contributed by atoms with van der Waals surface area (Å²) in [5, 5.41) is 6.44. The van der Waals surface area contributed by atoms with Crippen LogP contribution >= 0.6 is 27.3 Å². The van der Waals surface area contributed by atoms with Crippen LogP contribution in [0, 0.1) is 0 Å². The van der Waals surface area contributed by atoms with Gasteiger partial charge < -0.3 is 0 Å². The Bertz CT molecular complexity index is 1150. The van der Waals surface area contributed by atoms with Gasteiger partial charge in [0.25, 0.3) is 5.91 Å². The second-order valence-corrected chi connectivity index (χ2v) is 7.75. The van der Waals surface area contributed by atoms with Crippen LogP contribution < -0.4 is 10.2 Å². The quantitative estimate of drug-likeness (QED) is 0.426. The van der Waals surface area contributed by atoms with Gasteiger partial charge in [-0.1, -0.05) is 64.5 Å². The Kier molecular flexibility index (Phi) is 5.50. The van der Waals surface area contributed by atoms with Crippen molar-refractivity contribution < 1.29 is 4.79 Å². The Labute approximate surface area is 174 Å². The Morgan fingerprint density at radius 3 is 2.21 bits per heavy atom. The molecule has 4 aromatic rings. The number of thiazole rings is 1. The molecule has 0 unspecified atom stereocenters. The van der Waals surface area contributed by atoms with Crippen molar-refractivity contribution in [3.63, 3.8) is 0 Å². The molecule has 1 aromatic heterocycles. The first-order chi connectivity index (χ1) is 13.7. The van der Waals surface area contributed by atoms with Crippen LogP contribution in [-0.2, 0) is 0 Å². The van der Waals surface area contributed by atoms with Crippen molar-refractivity contribution in [2.45, 2.75) is 0 Å². The molecular formula is C22H16BrN3OS. The maximum Gasteiger partial charge on any atom is 0.271 e. The average Bonchev–Trinajstić information content (AvgIpc) is 3.17. The fourth-order valence-corrected chi connectivity index (χ4v) is 3.92. The van der Waals surface area contributed by atoms with Crippen LogP contribution in [0.3, 0.4) is 0 Å². The highest BCUT2D eigenvalue weighted by atomic mass is 79.9. The molecule has 0 saturated carbocycles. The van der Waals surface area contributed by atoms with Gasteiger partial charge in [-0.2, -0.15) is 0 Å². The number of nitrogens with one attached hydrogen (secondary N) is 1. The van der Waals surface area contributed by atoms with E-state index in [1.807, 2.05) is 70.6 Å². The normalized spacial score (nSPS) is 11.4. The average molecular weight is 450 g/mol. The minimum atomic E-state index is -0.237. The maximum atomic E-state index is 12.4. The maximum absolute atomic E-state index is 12.4. The molecule has 28 heavy (non-hydrogen) atoms. The molecule has 0 atom stereocenters. The topological polar surface area (TPSA) is 46.4 Å². The van der Waals surface area contributed by atoms with Crippen LogP contribution in [-0.4, -0.2) is 10.5 Å².